The Balaban J connectivity index is 2.36. The summed E-state index contributed by atoms with van der Waals surface area (Å²) in [6, 6.07) is 12.4. The molecular formula is C16H16N2O3. The molecule has 0 radical (unpaired) electrons. The molecule has 5 nitrogen and oxygen atoms in total. The van der Waals surface area contributed by atoms with Gasteiger partial charge in [0.15, 0.2) is 11.5 Å². The molecular weight excluding hydrogens is 268 g/mol. The number of hydrogen-bond donors (Lipinski definition) is 2. The average Bonchev–Trinajstić information content (AvgIpc) is 2.55. The first-order valence-corrected chi connectivity index (χ1v) is 6.40. The summed E-state index contributed by atoms with van der Waals surface area (Å²) < 4.78 is 11.0. The van der Waals surface area contributed by atoms with Crippen molar-refractivity contribution in [3.05, 3.63) is 53.1 Å². The molecule has 108 valence electrons. The smallest absolute Gasteiger partial charge is 0.169 e. The SMILES string of the molecule is COc1cc(CO)ccc1Oc1ccc(CN)cc1C#N. The van der Waals surface area contributed by atoms with Crippen LogP contribution in [0.2, 0.25) is 0 Å². The molecule has 2 rings (SSSR count). The lowest BCUT2D eigenvalue weighted by molar-refractivity contribution is 0.280. The van der Waals surface area contributed by atoms with Crippen LogP contribution in [0.25, 0.3) is 0 Å². The van der Waals surface area contributed by atoms with Crippen molar-refractivity contribution in [2.75, 3.05) is 7.11 Å². The summed E-state index contributed by atoms with van der Waals surface area (Å²) >= 11 is 0. The van der Waals surface area contributed by atoms with Gasteiger partial charge >= 0.3 is 0 Å². The van der Waals surface area contributed by atoms with E-state index in [1.807, 2.05) is 6.07 Å². The predicted molar refractivity (Wildman–Crippen MR) is 78.0 cm³/mol. The van der Waals surface area contributed by atoms with Gasteiger partial charge in [0.2, 0.25) is 0 Å². The number of hydrogen-bond acceptors (Lipinski definition) is 5. The fraction of sp³-hybridized carbons (Fsp3) is 0.188. The lowest BCUT2D eigenvalue weighted by atomic mass is 10.1. The van der Waals surface area contributed by atoms with Gasteiger partial charge in [-0.1, -0.05) is 12.1 Å². The molecule has 0 amide bonds. The van der Waals surface area contributed by atoms with Crippen molar-refractivity contribution < 1.29 is 14.6 Å². The fourth-order valence-corrected chi connectivity index (χ4v) is 1.89. The molecule has 0 aliphatic heterocycles. The summed E-state index contributed by atoms with van der Waals surface area (Å²) in [5.41, 5.74) is 7.55. The van der Waals surface area contributed by atoms with E-state index in [0.717, 1.165) is 11.1 Å². The quantitative estimate of drug-likeness (QED) is 0.879. The van der Waals surface area contributed by atoms with Gasteiger partial charge in [0.05, 0.1) is 19.3 Å². The minimum Gasteiger partial charge on any atom is -0.493 e. The first kappa shape index (κ1) is 14.9. The van der Waals surface area contributed by atoms with E-state index in [2.05, 4.69) is 6.07 Å². The van der Waals surface area contributed by atoms with Crippen LogP contribution in [0.1, 0.15) is 16.7 Å². The van der Waals surface area contributed by atoms with Gasteiger partial charge < -0.3 is 20.3 Å². The number of ether oxygens (including phenoxy) is 2. The molecule has 0 atom stereocenters. The van der Waals surface area contributed by atoms with Gasteiger partial charge in [-0.3, -0.25) is 0 Å². The van der Waals surface area contributed by atoms with Crippen molar-refractivity contribution in [3.63, 3.8) is 0 Å². The monoisotopic (exact) mass is 284 g/mol. The Morgan fingerprint density at radius 3 is 2.43 bits per heavy atom. The van der Waals surface area contributed by atoms with Crippen LogP contribution >= 0.6 is 0 Å². The first-order chi connectivity index (χ1) is 10.2. The second-order valence-corrected chi connectivity index (χ2v) is 4.39. The molecule has 0 aliphatic rings. The third-order valence-corrected chi connectivity index (χ3v) is 3.03. The fourth-order valence-electron chi connectivity index (χ4n) is 1.89. The van der Waals surface area contributed by atoms with Crippen LogP contribution in [0.3, 0.4) is 0 Å². The number of nitriles is 1. The van der Waals surface area contributed by atoms with Crippen LogP contribution < -0.4 is 15.2 Å². The van der Waals surface area contributed by atoms with E-state index < -0.39 is 0 Å². The molecule has 21 heavy (non-hydrogen) atoms. The topological polar surface area (TPSA) is 88.5 Å². The van der Waals surface area contributed by atoms with Gasteiger partial charge in [0.1, 0.15) is 11.8 Å². The number of nitrogens with two attached hydrogens (primary N) is 1. The normalized spacial score (nSPS) is 10.0. The van der Waals surface area contributed by atoms with Crippen LogP contribution in [-0.4, -0.2) is 12.2 Å². The number of nitrogens with zero attached hydrogens (tertiary/aromatic N) is 1. The largest absolute Gasteiger partial charge is 0.493 e. The van der Waals surface area contributed by atoms with Crippen molar-refractivity contribution in [1.29, 1.82) is 5.26 Å². The highest BCUT2D eigenvalue weighted by atomic mass is 16.5. The molecule has 0 spiro atoms. The molecule has 0 aromatic heterocycles. The standard InChI is InChI=1S/C16H16N2O3/c1-20-16-7-12(10-19)3-5-15(16)21-14-4-2-11(8-17)6-13(14)9-18/h2-7,19H,8,10,17H2,1H3. The highest BCUT2D eigenvalue weighted by Crippen LogP contribution is 2.34. The van der Waals surface area contributed by atoms with Gasteiger partial charge in [-0.25, -0.2) is 0 Å². The number of aliphatic hydroxyl groups excluding tert-OH is 1. The maximum atomic E-state index is 9.19. The van der Waals surface area contributed by atoms with Crippen LogP contribution in [0.15, 0.2) is 36.4 Å². The van der Waals surface area contributed by atoms with Crippen molar-refractivity contribution in [2.24, 2.45) is 5.73 Å². The third kappa shape index (κ3) is 3.31. The molecule has 3 N–H and O–H groups in total. The number of rotatable bonds is 5. The maximum absolute atomic E-state index is 9.19. The van der Waals surface area contributed by atoms with Crippen LogP contribution in [0.5, 0.6) is 17.2 Å². The van der Waals surface area contributed by atoms with Gasteiger partial charge in [0.25, 0.3) is 0 Å². The van der Waals surface area contributed by atoms with E-state index in [1.54, 1.807) is 30.3 Å². The maximum Gasteiger partial charge on any atom is 0.169 e. The van der Waals surface area contributed by atoms with Gasteiger partial charge in [-0.2, -0.15) is 5.26 Å². The van der Waals surface area contributed by atoms with Gasteiger partial charge in [-0.05, 0) is 35.4 Å². The predicted octanol–water partition coefficient (Wildman–Crippen LogP) is 2.31. The van der Waals surface area contributed by atoms with Crippen LogP contribution in [-0.2, 0) is 13.2 Å². The van der Waals surface area contributed by atoms with E-state index in [4.69, 9.17) is 20.3 Å². The Morgan fingerprint density at radius 1 is 1.10 bits per heavy atom. The molecule has 5 heteroatoms. The highest BCUT2D eigenvalue weighted by Gasteiger charge is 2.10. The van der Waals surface area contributed by atoms with Crippen molar-refractivity contribution in [3.8, 4) is 23.3 Å². The number of benzene rings is 2. The van der Waals surface area contributed by atoms with Crippen LogP contribution in [0.4, 0.5) is 0 Å². The number of methoxy groups -OCH3 is 1. The molecule has 2 aromatic rings. The first-order valence-electron chi connectivity index (χ1n) is 6.40. The van der Waals surface area contributed by atoms with Crippen molar-refractivity contribution in [2.45, 2.75) is 13.2 Å². The highest BCUT2D eigenvalue weighted by molar-refractivity contribution is 5.50. The molecule has 0 saturated heterocycles. The minimum atomic E-state index is -0.0781. The number of aliphatic hydroxyl groups is 1. The lowest BCUT2D eigenvalue weighted by Gasteiger charge is -2.12. The van der Waals surface area contributed by atoms with E-state index in [0.29, 0.717) is 29.4 Å². The summed E-state index contributed by atoms with van der Waals surface area (Å²) in [6.07, 6.45) is 0. The third-order valence-electron chi connectivity index (χ3n) is 3.03. The van der Waals surface area contributed by atoms with E-state index in [1.165, 1.54) is 7.11 Å². The summed E-state index contributed by atoms with van der Waals surface area (Å²) in [7, 11) is 1.52. The minimum absolute atomic E-state index is 0.0781. The summed E-state index contributed by atoms with van der Waals surface area (Å²) in [4.78, 5) is 0. The summed E-state index contributed by atoms with van der Waals surface area (Å²) in [5.74, 6) is 1.41. The lowest BCUT2D eigenvalue weighted by Crippen LogP contribution is -1.98. The molecule has 0 heterocycles. The van der Waals surface area contributed by atoms with Crippen molar-refractivity contribution in [1.82, 2.24) is 0 Å². The summed E-state index contributed by atoms with van der Waals surface area (Å²) in [5, 5.41) is 18.3. The Labute approximate surface area is 123 Å². The Hall–Kier alpha value is -2.55. The second-order valence-electron chi connectivity index (χ2n) is 4.39. The second kappa shape index (κ2) is 6.75. The van der Waals surface area contributed by atoms with Crippen LogP contribution in [0, 0.1) is 11.3 Å². The summed E-state index contributed by atoms with van der Waals surface area (Å²) in [6.45, 7) is 0.286. The Kier molecular flexibility index (Phi) is 4.77. The van der Waals surface area contributed by atoms with E-state index >= 15 is 0 Å². The molecule has 0 unspecified atom stereocenters. The van der Waals surface area contributed by atoms with E-state index in [-0.39, 0.29) is 6.61 Å². The molecule has 2 aromatic carbocycles. The molecule has 0 saturated carbocycles. The zero-order valence-corrected chi connectivity index (χ0v) is 11.7. The Bertz CT molecular complexity index is 678. The Morgan fingerprint density at radius 2 is 1.81 bits per heavy atom. The molecule has 0 fully saturated rings. The molecule has 0 aliphatic carbocycles. The van der Waals surface area contributed by atoms with Gasteiger partial charge in [-0.15, -0.1) is 0 Å². The zero-order valence-electron chi connectivity index (χ0n) is 11.7. The van der Waals surface area contributed by atoms with E-state index in [9.17, 15) is 5.26 Å². The average molecular weight is 284 g/mol. The van der Waals surface area contributed by atoms with Crippen molar-refractivity contribution >= 4 is 0 Å². The van der Waals surface area contributed by atoms with Gasteiger partial charge in [0, 0.05) is 6.54 Å². The zero-order chi connectivity index (χ0) is 15.2. The molecule has 0 bridgehead atoms.